The number of H-pyrrole nitrogens is 2. The first-order chi connectivity index (χ1) is 9.65. The molecule has 2 heterocycles. The average Bonchev–Trinajstić information content (AvgIpc) is 2.82. The summed E-state index contributed by atoms with van der Waals surface area (Å²) in [6.45, 7) is 2.03. The highest BCUT2D eigenvalue weighted by atomic mass is 16.1. The van der Waals surface area contributed by atoms with E-state index in [2.05, 4.69) is 15.2 Å². The molecule has 0 saturated carbocycles. The molecular weight excluding hydrogens is 252 g/mol. The van der Waals surface area contributed by atoms with Crippen molar-refractivity contribution in [3.63, 3.8) is 0 Å². The summed E-state index contributed by atoms with van der Waals surface area (Å²) in [6.07, 6.45) is 1.60. The Morgan fingerprint density at radius 1 is 1.10 bits per heavy atom. The van der Waals surface area contributed by atoms with Crippen molar-refractivity contribution in [3.8, 4) is 22.4 Å². The molecule has 0 spiro atoms. The lowest BCUT2D eigenvalue weighted by atomic mass is 10.0. The third-order valence-corrected chi connectivity index (χ3v) is 3.20. The van der Waals surface area contributed by atoms with Crippen molar-refractivity contribution in [1.82, 2.24) is 15.2 Å². The summed E-state index contributed by atoms with van der Waals surface area (Å²) >= 11 is 0. The van der Waals surface area contributed by atoms with Gasteiger partial charge in [0.1, 0.15) is 0 Å². The van der Waals surface area contributed by atoms with Crippen LogP contribution >= 0.6 is 0 Å². The smallest absolute Gasteiger partial charge is 0.248 e. The Labute approximate surface area is 115 Å². The zero-order valence-corrected chi connectivity index (χ0v) is 11.0. The van der Waals surface area contributed by atoms with Gasteiger partial charge < -0.3 is 10.7 Å². The van der Waals surface area contributed by atoms with Crippen LogP contribution in [0.25, 0.3) is 22.4 Å². The fourth-order valence-electron chi connectivity index (χ4n) is 2.18. The third-order valence-electron chi connectivity index (χ3n) is 3.20. The molecule has 20 heavy (non-hydrogen) atoms. The lowest BCUT2D eigenvalue weighted by Gasteiger charge is -2.05. The highest BCUT2D eigenvalue weighted by Crippen LogP contribution is 2.33. The summed E-state index contributed by atoms with van der Waals surface area (Å²) in [5.41, 5.74) is 10.3. The number of hydrogen-bond acceptors (Lipinski definition) is 3. The predicted molar refractivity (Wildman–Crippen MR) is 79.2 cm³/mol. The molecule has 0 amide bonds. The number of aryl methyl sites for hydroxylation is 1. The number of nitrogens with zero attached hydrogens (tertiary/aromatic N) is 1. The summed E-state index contributed by atoms with van der Waals surface area (Å²) in [7, 11) is 0. The average molecular weight is 266 g/mol. The van der Waals surface area contributed by atoms with Gasteiger partial charge in [0, 0.05) is 17.8 Å². The molecule has 0 aliphatic heterocycles. The van der Waals surface area contributed by atoms with Crippen LogP contribution in [0.1, 0.15) is 5.56 Å². The number of nitrogen functional groups attached to an aromatic ring is 1. The number of rotatable bonds is 2. The minimum absolute atomic E-state index is 0.162. The molecule has 4 N–H and O–H groups in total. The Balaban J connectivity index is 2.19. The first-order valence-electron chi connectivity index (χ1n) is 6.25. The molecule has 0 aliphatic rings. The van der Waals surface area contributed by atoms with Crippen molar-refractivity contribution < 1.29 is 0 Å². The lowest BCUT2D eigenvalue weighted by molar-refractivity contribution is 1.10. The summed E-state index contributed by atoms with van der Waals surface area (Å²) < 4.78 is 0. The van der Waals surface area contributed by atoms with Gasteiger partial charge in [-0.15, -0.1) is 0 Å². The fourth-order valence-corrected chi connectivity index (χ4v) is 2.18. The van der Waals surface area contributed by atoms with Crippen molar-refractivity contribution in [2.24, 2.45) is 0 Å². The molecule has 5 nitrogen and oxygen atoms in total. The predicted octanol–water partition coefficient (Wildman–Crippen LogP) is 2.32. The normalized spacial score (nSPS) is 10.7. The van der Waals surface area contributed by atoms with Gasteiger partial charge in [-0.2, -0.15) is 5.10 Å². The summed E-state index contributed by atoms with van der Waals surface area (Å²) in [5.74, 6) is 0.420. The first kappa shape index (κ1) is 12.2. The maximum atomic E-state index is 11.4. The van der Waals surface area contributed by atoms with Crippen LogP contribution in [0, 0.1) is 6.92 Å². The topological polar surface area (TPSA) is 87.6 Å². The number of aromatic nitrogens is 3. The largest absolute Gasteiger partial charge is 0.382 e. The number of benzene rings is 1. The van der Waals surface area contributed by atoms with E-state index in [9.17, 15) is 4.79 Å². The fraction of sp³-hybridized carbons (Fsp3) is 0.0667. The van der Waals surface area contributed by atoms with Crippen LogP contribution < -0.4 is 11.3 Å². The van der Waals surface area contributed by atoms with Crippen molar-refractivity contribution in [2.45, 2.75) is 6.92 Å². The van der Waals surface area contributed by atoms with Crippen molar-refractivity contribution in [3.05, 3.63) is 58.5 Å². The number of pyridine rings is 1. The van der Waals surface area contributed by atoms with Crippen LogP contribution in [0.2, 0.25) is 0 Å². The Kier molecular flexibility index (Phi) is 2.87. The first-order valence-corrected chi connectivity index (χ1v) is 6.25. The molecule has 2 aromatic heterocycles. The number of nitrogens with one attached hydrogen (secondary N) is 2. The minimum Gasteiger partial charge on any atom is -0.382 e. The molecule has 0 atom stereocenters. The Hall–Kier alpha value is -2.82. The number of hydrogen-bond donors (Lipinski definition) is 3. The van der Waals surface area contributed by atoms with Crippen molar-refractivity contribution in [2.75, 3.05) is 5.73 Å². The number of anilines is 1. The third kappa shape index (κ3) is 2.09. The zero-order chi connectivity index (χ0) is 14.1. The minimum atomic E-state index is -0.162. The highest BCUT2D eigenvalue weighted by molar-refractivity contribution is 5.87. The molecule has 0 bridgehead atoms. The molecule has 5 heteroatoms. The van der Waals surface area contributed by atoms with Gasteiger partial charge in [0.2, 0.25) is 5.56 Å². The lowest BCUT2D eigenvalue weighted by Crippen LogP contribution is -2.02. The Morgan fingerprint density at radius 2 is 1.85 bits per heavy atom. The van der Waals surface area contributed by atoms with E-state index in [0.717, 1.165) is 22.4 Å². The summed E-state index contributed by atoms with van der Waals surface area (Å²) in [5, 5.41) is 6.96. The van der Waals surface area contributed by atoms with Crippen LogP contribution in [0.5, 0.6) is 0 Å². The second kappa shape index (κ2) is 4.70. The van der Waals surface area contributed by atoms with Crippen molar-refractivity contribution in [1.29, 1.82) is 0 Å². The maximum Gasteiger partial charge on any atom is 0.248 e. The van der Waals surface area contributed by atoms with E-state index < -0.39 is 0 Å². The molecule has 0 aliphatic carbocycles. The van der Waals surface area contributed by atoms with E-state index in [1.54, 1.807) is 6.20 Å². The summed E-state index contributed by atoms with van der Waals surface area (Å²) in [4.78, 5) is 14.0. The van der Waals surface area contributed by atoms with E-state index in [1.165, 1.54) is 11.6 Å². The quantitative estimate of drug-likeness (QED) is 0.665. The van der Waals surface area contributed by atoms with E-state index >= 15 is 0 Å². The Bertz CT molecular complexity index is 799. The molecule has 100 valence electrons. The van der Waals surface area contributed by atoms with E-state index in [0.29, 0.717) is 5.82 Å². The zero-order valence-electron chi connectivity index (χ0n) is 11.0. The van der Waals surface area contributed by atoms with Gasteiger partial charge >= 0.3 is 0 Å². The van der Waals surface area contributed by atoms with E-state index in [4.69, 9.17) is 5.73 Å². The molecule has 1 aromatic carbocycles. The molecule has 3 aromatic rings. The molecular formula is C15H14N4O. The SMILES string of the molecule is Cc1ccc(-c2c(N)n[nH]c2-c2cc[nH]c(=O)c2)cc1. The molecule has 3 rings (SSSR count). The number of nitrogens with two attached hydrogens (primary N) is 1. The van der Waals surface area contributed by atoms with Gasteiger partial charge in [0.05, 0.1) is 11.3 Å². The van der Waals surface area contributed by atoms with Crippen LogP contribution in [-0.4, -0.2) is 15.2 Å². The molecule has 0 fully saturated rings. The van der Waals surface area contributed by atoms with Gasteiger partial charge in [0.15, 0.2) is 5.82 Å². The van der Waals surface area contributed by atoms with E-state index in [-0.39, 0.29) is 5.56 Å². The highest BCUT2D eigenvalue weighted by Gasteiger charge is 2.14. The van der Waals surface area contributed by atoms with Gasteiger partial charge in [0.25, 0.3) is 0 Å². The molecule has 0 radical (unpaired) electrons. The van der Waals surface area contributed by atoms with Gasteiger partial charge in [-0.3, -0.25) is 9.89 Å². The van der Waals surface area contributed by atoms with Gasteiger partial charge in [-0.05, 0) is 18.6 Å². The Morgan fingerprint density at radius 3 is 2.55 bits per heavy atom. The van der Waals surface area contributed by atoms with E-state index in [1.807, 2.05) is 37.3 Å². The van der Waals surface area contributed by atoms with Crippen molar-refractivity contribution >= 4 is 5.82 Å². The van der Waals surface area contributed by atoms with Crippen LogP contribution in [0.4, 0.5) is 5.82 Å². The second-order valence-electron chi connectivity index (χ2n) is 4.67. The standard InChI is InChI=1S/C15H14N4O/c1-9-2-4-10(5-3-9)13-14(18-19-15(13)16)11-6-7-17-12(20)8-11/h2-8H,1H3,(H,17,20)(H3,16,18,19). The van der Waals surface area contributed by atoms with Crippen LogP contribution in [0.15, 0.2) is 47.4 Å². The van der Waals surface area contributed by atoms with Gasteiger partial charge in [-0.1, -0.05) is 29.8 Å². The monoisotopic (exact) mass is 266 g/mol. The maximum absolute atomic E-state index is 11.4. The van der Waals surface area contributed by atoms with Gasteiger partial charge in [-0.25, -0.2) is 0 Å². The number of aromatic amines is 2. The molecule has 0 unspecified atom stereocenters. The van der Waals surface area contributed by atoms with Crippen LogP contribution in [0.3, 0.4) is 0 Å². The summed E-state index contributed by atoms with van der Waals surface area (Å²) in [6, 6.07) is 11.4. The van der Waals surface area contributed by atoms with Crippen LogP contribution in [-0.2, 0) is 0 Å². The second-order valence-corrected chi connectivity index (χ2v) is 4.67. The molecule has 0 saturated heterocycles.